The van der Waals surface area contributed by atoms with Gasteiger partial charge in [0.1, 0.15) is 0 Å². The first-order valence-electron chi connectivity index (χ1n) is 12.8. The Kier molecular flexibility index (Phi) is 4.00. The van der Waals surface area contributed by atoms with Crippen LogP contribution in [0.25, 0.3) is 60.9 Å². The predicted molar refractivity (Wildman–Crippen MR) is 153 cm³/mol. The minimum Gasteiger partial charge on any atom is -0.354 e. The molecule has 0 radical (unpaired) electrons. The van der Waals surface area contributed by atoms with E-state index >= 15 is 0 Å². The fourth-order valence-electron chi connectivity index (χ4n) is 6.54. The molecule has 3 heteroatoms. The average Bonchev–Trinajstić information content (AvgIpc) is 3.56. The number of hydrogen-bond acceptors (Lipinski definition) is 1. The first-order chi connectivity index (χ1) is 18.1. The largest absolute Gasteiger partial charge is 0.354 e. The van der Waals surface area contributed by atoms with E-state index in [9.17, 15) is 0 Å². The van der Waals surface area contributed by atoms with Crippen LogP contribution in [0.4, 0.5) is 0 Å². The zero-order valence-electron chi connectivity index (χ0n) is 20.8. The van der Waals surface area contributed by atoms with Crippen molar-refractivity contribution in [1.82, 2.24) is 14.5 Å². The Morgan fingerprint density at radius 2 is 1.51 bits per heavy atom. The zero-order valence-corrected chi connectivity index (χ0v) is 20.8. The normalized spacial score (nSPS) is 13.9. The standard InChI is InChI=1S/C34H25N3/c1-34(2)26-13-7-6-12-23(26)33-31(34)24-16-18-29-30(32(24)37(33)22-10-4-3-5-11-22)25-20-21(15-17-28(25)36-29)27-14-8-9-19-35-27/h3-20,36H,1-2H3. The summed E-state index contributed by atoms with van der Waals surface area (Å²) in [7, 11) is 0. The van der Waals surface area contributed by atoms with Gasteiger partial charge in [-0.05, 0) is 53.6 Å². The Bertz CT molecular complexity index is 1990. The highest BCUT2D eigenvalue weighted by Crippen LogP contribution is 2.54. The van der Waals surface area contributed by atoms with Crippen molar-refractivity contribution in [2.75, 3.05) is 0 Å². The van der Waals surface area contributed by atoms with E-state index in [2.05, 4.69) is 119 Å². The van der Waals surface area contributed by atoms with E-state index in [0.29, 0.717) is 0 Å². The van der Waals surface area contributed by atoms with Crippen LogP contribution in [0.15, 0.2) is 109 Å². The summed E-state index contributed by atoms with van der Waals surface area (Å²) in [6.45, 7) is 4.73. The Hall–Kier alpha value is -4.63. The number of aromatic nitrogens is 3. The number of hydrogen-bond donors (Lipinski definition) is 1. The number of para-hydroxylation sites is 1. The lowest BCUT2D eigenvalue weighted by molar-refractivity contribution is 0.666. The predicted octanol–water partition coefficient (Wildman–Crippen LogP) is 8.63. The van der Waals surface area contributed by atoms with Gasteiger partial charge in [-0.2, -0.15) is 0 Å². The first-order valence-corrected chi connectivity index (χ1v) is 12.8. The number of fused-ring (bicyclic) bond motifs is 9. The molecule has 0 saturated heterocycles. The van der Waals surface area contributed by atoms with Gasteiger partial charge in [-0.25, -0.2) is 0 Å². The SMILES string of the molecule is CC1(C)c2ccccc2-c2c1c1ccc3[nH]c4ccc(-c5ccccn5)cc4c3c1n2-c1ccccc1. The van der Waals surface area contributed by atoms with Gasteiger partial charge >= 0.3 is 0 Å². The van der Waals surface area contributed by atoms with Crippen molar-refractivity contribution >= 4 is 32.7 Å². The summed E-state index contributed by atoms with van der Waals surface area (Å²) in [4.78, 5) is 8.32. The van der Waals surface area contributed by atoms with Gasteiger partial charge in [0.2, 0.25) is 0 Å². The van der Waals surface area contributed by atoms with Gasteiger partial charge in [0.25, 0.3) is 0 Å². The summed E-state index contributed by atoms with van der Waals surface area (Å²) < 4.78 is 2.50. The van der Waals surface area contributed by atoms with Crippen molar-refractivity contribution in [2.45, 2.75) is 19.3 Å². The van der Waals surface area contributed by atoms with Gasteiger partial charge in [-0.15, -0.1) is 0 Å². The smallest absolute Gasteiger partial charge is 0.0702 e. The van der Waals surface area contributed by atoms with Crippen LogP contribution in [0.5, 0.6) is 0 Å². The molecule has 1 aliphatic rings. The zero-order chi connectivity index (χ0) is 24.7. The molecule has 3 aromatic heterocycles. The topological polar surface area (TPSA) is 33.6 Å². The molecule has 0 amide bonds. The Morgan fingerprint density at radius 3 is 2.35 bits per heavy atom. The molecule has 8 rings (SSSR count). The summed E-state index contributed by atoms with van der Waals surface area (Å²) in [5.41, 5.74) is 12.2. The van der Waals surface area contributed by atoms with Gasteiger partial charge in [0.15, 0.2) is 0 Å². The van der Waals surface area contributed by atoms with Crippen molar-refractivity contribution in [2.24, 2.45) is 0 Å². The number of rotatable bonds is 2. The van der Waals surface area contributed by atoms with E-state index in [1.54, 1.807) is 0 Å². The maximum absolute atomic E-state index is 4.62. The summed E-state index contributed by atoms with van der Waals surface area (Å²) in [5.74, 6) is 0. The second-order valence-electron chi connectivity index (χ2n) is 10.5. The summed E-state index contributed by atoms with van der Waals surface area (Å²) in [6, 6.07) is 37.0. The molecule has 7 aromatic rings. The van der Waals surface area contributed by atoms with E-state index in [1.165, 1.54) is 49.7 Å². The van der Waals surface area contributed by atoms with Crippen molar-refractivity contribution in [3.8, 4) is 28.2 Å². The second kappa shape index (κ2) is 7.21. The maximum Gasteiger partial charge on any atom is 0.0702 e. The molecule has 0 aliphatic heterocycles. The highest BCUT2D eigenvalue weighted by Gasteiger charge is 2.40. The van der Waals surface area contributed by atoms with Crippen LogP contribution in [0.2, 0.25) is 0 Å². The number of H-pyrrole nitrogens is 1. The highest BCUT2D eigenvalue weighted by molar-refractivity contribution is 6.22. The summed E-state index contributed by atoms with van der Waals surface area (Å²) in [5, 5.41) is 3.80. The third-order valence-electron chi connectivity index (χ3n) is 8.15. The molecular formula is C34H25N3. The summed E-state index contributed by atoms with van der Waals surface area (Å²) >= 11 is 0. The lowest BCUT2D eigenvalue weighted by Crippen LogP contribution is -2.14. The molecule has 4 aromatic carbocycles. The lowest BCUT2D eigenvalue weighted by Gasteiger charge is -2.21. The first kappa shape index (κ1) is 20.6. The van der Waals surface area contributed by atoms with Crippen molar-refractivity contribution in [1.29, 1.82) is 0 Å². The summed E-state index contributed by atoms with van der Waals surface area (Å²) in [6.07, 6.45) is 1.86. The highest BCUT2D eigenvalue weighted by atomic mass is 15.0. The van der Waals surface area contributed by atoms with Crippen LogP contribution in [0.1, 0.15) is 25.0 Å². The van der Waals surface area contributed by atoms with Gasteiger partial charge in [-0.1, -0.05) is 74.5 Å². The van der Waals surface area contributed by atoms with Gasteiger partial charge in [-0.3, -0.25) is 4.98 Å². The van der Waals surface area contributed by atoms with Crippen LogP contribution in [0, 0.1) is 0 Å². The van der Waals surface area contributed by atoms with Crippen molar-refractivity contribution in [3.63, 3.8) is 0 Å². The van der Waals surface area contributed by atoms with Crippen LogP contribution >= 0.6 is 0 Å². The van der Waals surface area contributed by atoms with Crippen LogP contribution in [-0.2, 0) is 5.41 Å². The van der Waals surface area contributed by atoms with E-state index in [1.807, 2.05) is 18.3 Å². The van der Waals surface area contributed by atoms with E-state index < -0.39 is 0 Å². The third-order valence-corrected chi connectivity index (χ3v) is 8.15. The van der Waals surface area contributed by atoms with Crippen LogP contribution in [0.3, 0.4) is 0 Å². The average molecular weight is 476 g/mol. The Morgan fingerprint density at radius 1 is 0.730 bits per heavy atom. The fourth-order valence-corrected chi connectivity index (χ4v) is 6.54. The van der Waals surface area contributed by atoms with E-state index in [4.69, 9.17) is 0 Å². The number of benzene rings is 4. The van der Waals surface area contributed by atoms with Gasteiger partial charge in [0.05, 0.1) is 16.9 Å². The van der Waals surface area contributed by atoms with Crippen molar-refractivity contribution in [3.05, 3.63) is 120 Å². The number of nitrogens with one attached hydrogen (secondary N) is 1. The quantitative estimate of drug-likeness (QED) is 0.267. The van der Waals surface area contributed by atoms with Gasteiger partial charge in [0, 0.05) is 55.6 Å². The van der Waals surface area contributed by atoms with Crippen LogP contribution < -0.4 is 0 Å². The number of aromatic amines is 1. The van der Waals surface area contributed by atoms with E-state index in [0.717, 1.165) is 22.3 Å². The molecule has 37 heavy (non-hydrogen) atoms. The van der Waals surface area contributed by atoms with Crippen LogP contribution in [-0.4, -0.2) is 14.5 Å². The minimum absolute atomic E-state index is 0.0941. The molecule has 0 spiro atoms. The Labute approximate surface area is 215 Å². The second-order valence-corrected chi connectivity index (χ2v) is 10.5. The Balaban J connectivity index is 1.58. The monoisotopic (exact) mass is 475 g/mol. The molecule has 176 valence electrons. The molecule has 3 heterocycles. The molecule has 1 aliphatic carbocycles. The lowest BCUT2D eigenvalue weighted by atomic mass is 9.81. The molecular weight excluding hydrogens is 450 g/mol. The fraction of sp³-hybridized carbons (Fsp3) is 0.0882. The third kappa shape index (κ3) is 2.69. The molecule has 0 fully saturated rings. The molecule has 0 atom stereocenters. The molecule has 0 bridgehead atoms. The number of nitrogens with zero attached hydrogens (tertiary/aromatic N) is 2. The van der Waals surface area contributed by atoms with E-state index in [-0.39, 0.29) is 5.41 Å². The molecule has 3 nitrogen and oxygen atoms in total. The van der Waals surface area contributed by atoms with Crippen molar-refractivity contribution < 1.29 is 0 Å². The minimum atomic E-state index is -0.0941. The maximum atomic E-state index is 4.62. The molecule has 0 saturated carbocycles. The number of pyridine rings is 1. The molecule has 0 unspecified atom stereocenters. The molecule has 1 N–H and O–H groups in total. The van der Waals surface area contributed by atoms with Gasteiger partial charge < -0.3 is 9.55 Å².